The number of rotatable bonds is 8. The van der Waals surface area contributed by atoms with E-state index in [9.17, 15) is 4.79 Å². The fourth-order valence-electron chi connectivity index (χ4n) is 4.16. The maximum atomic E-state index is 12.7. The van der Waals surface area contributed by atoms with Gasteiger partial charge in [-0.15, -0.1) is 10.2 Å². The number of hydrogen-bond donors (Lipinski definition) is 0. The predicted molar refractivity (Wildman–Crippen MR) is 125 cm³/mol. The van der Waals surface area contributed by atoms with Crippen molar-refractivity contribution in [1.82, 2.24) is 19.7 Å². The Labute approximate surface area is 185 Å². The van der Waals surface area contributed by atoms with Gasteiger partial charge in [-0.05, 0) is 69.7 Å². The van der Waals surface area contributed by atoms with E-state index in [1.54, 1.807) is 0 Å². The van der Waals surface area contributed by atoms with E-state index >= 15 is 0 Å². The Morgan fingerprint density at radius 1 is 1.10 bits per heavy atom. The summed E-state index contributed by atoms with van der Waals surface area (Å²) in [6.45, 7) is 8.61. The summed E-state index contributed by atoms with van der Waals surface area (Å²) in [6.07, 6.45) is 4.67. The molecule has 3 rings (SSSR count). The summed E-state index contributed by atoms with van der Waals surface area (Å²) in [6, 6.07) is 8.83. The molecular weight excluding hydrogens is 394 g/mol. The minimum absolute atomic E-state index is 0.174. The molecule has 0 N–H and O–H groups in total. The van der Waals surface area contributed by atoms with Crippen molar-refractivity contribution < 1.29 is 4.79 Å². The van der Waals surface area contributed by atoms with Crippen LogP contribution < -0.4 is 4.90 Å². The summed E-state index contributed by atoms with van der Waals surface area (Å²) in [7, 11) is 3.91. The molecule has 1 amide bonds. The normalized spacial score (nSPS) is 19.0. The third-order valence-corrected chi connectivity index (χ3v) is 7.35. The van der Waals surface area contributed by atoms with E-state index in [0.717, 1.165) is 48.4 Å². The van der Waals surface area contributed by atoms with Gasteiger partial charge in [-0.3, -0.25) is 4.79 Å². The van der Waals surface area contributed by atoms with Crippen LogP contribution in [0.3, 0.4) is 0 Å². The van der Waals surface area contributed by atoms with E-state index in [0.29, 0.717) is 11.8 Å². The van der Waals surface area contributed by atoms with Crippen LogP contribution in [0.4, 0.5) is 5.69 Å². The van der Waals surface area contributed by atoms with Gasteiger partial charge in [0.15, 0.2) is 11.0 Å². The van der Waals surface area contributed by atoms with Crippen molar-refractivity contribution in [3.8, 4) is 11.4 Å². The Kier molecular flexibility index (Phi) is 7.81. The smallest absolute Gasteiger partial charge is 0.233 e. The van der Waals surface area contributed by atoms with Crippen LogP contribution in [0.5, 0.6) is 0 Å². The van der Waals surface area contributed by atoms with Gasteiger partial charge in [0.2, 0.25) is 5.91 Å². The van der Waals surface area contributed by atoms with E-state index in [1.165, 1.54) is 30.3 Å². The van der Waals surface area contributed by atoms with Gasteiger partial charge >= 0.3 is 0 Å². The summed E-state index contributed by atoms with van der Waals surface area (Å²) >= 11 is 1.47. The third-order valence-electron chi connectivity index (χ3n) is 6.34. The number of nitrogens with zero attached hydrogens (tertiary/aromatic N) is 5. The number of amides is 1. The second-order valence-corrected chi connectivity index (χ2v) is 9.23. The number of hydrogen-bond acceptors (Lipinski definition) is 5. The van der Waals surface area contributed by atoms with Crippen LogP contribution in [-0.4, -0.2) is 57.5 Å². The molecule has 0 aliphatic heterocycles. The number of benzene rings is 1. The van der Waals surface area contributed by atoms with Crippen molar-refractivity contribution in [3.63, 3.8) is 0 Å². The first-order chi connectivity index (χ1) is 14.4. The van der Waals surface area contributed by atoms with Crippen molar-refractivity contribution >= 4 is 23.4 Å². The monoisotopic (exact) mass is 429 g/mol. The lowest BCUT2D eigenvalue weighted by Gasteiger charge is -2.33. The van der Waals surface area contributed by atoms with Crippen LogP contribution in [0.15, 0.2) is 29.4 Å². The Morgan fingerprint density at radius 3 is 2.33 bits per heavy atom. The molecule has 1 aromatic carbocycles. The Balaban J connectivity index is 1.60. The fraction of sp³-hybridized carbons (Fsp3) is 0.609. The lowest BCUT2D eigenvalue weighted by Crippen LogP contribution is -2.40. The van der Waals surface area contributed by atoms with Gasteiger partial charge in [0.25, 0.3) is 0 Å². The van der Waals surface area contributed by atoms with Crippen LogP contribution in [0.2, 0.25) is 0 Å². The first-order valence-electron chi connectivity index (χ1n) is 11.1. The third kappa shape index (κ3) is 5.17. The van der Waals surface area contributed by atoms with Crippen molar-refractivity contribution in [1.29, 1.82) is 0 Å². The van der Waals surface area contributed by atoms with Gasteiger partial charge in [0.1, 0.15) is 0 Å². The summed E-state index contributed by atoms with van der Waals surface area (Å²) < 4.78 is 1.98. The highest BCUT2D eigenvalue weighted by Gasteiger charge is 2.25. The lowest BCUT2D eigenvalue weighted by molar-refractivity contribution is -0.129. The molecular formula is C23H35N5OS. The van der Waals surface area contributed by atoms with Gasteiger partial charge in [-0.25, -0.2) is 0 Å². The first-order valence-corrected chi connectivity index (χ1v) is 12.1. The highest BCUT2D eigenvalue weighted by atomic mass is 32.2. The molecule has 0 radical (unpaired) electrons. The molecule has 0 saturated heterocycles. The van der Waals surface area contributed by atoms with Gasteiger partial charge < -0.3 is 14.4 Å². The molecule has 0 bridgehead atoms. The number of carbonyl (C=O) groups excluding carboxylic acids is 1. The zero-order valence-corrected chi connectivity index (χ0v) is 19.8. The van der Waals surface area contributed by atoms with Crippen LogP contribution in [-0.2, 0) is 11.8 Å². The zero-order valence-electron chi connectivity index (χ0n) is 19.0. The highest BCUT2D eigenvalue weighted by Crippen LogP contribution is 2.28. The van der Waals surface area contributed by atoms with Crippen LogP contribution >= 0.6 is 11.8 Å². The van der Waals surface area contributed by atoms with E-state index < -0.39 is 0 Å². The predicted octanol–water partition coefficient (Wildman–Crippen LogP) is 4.46. The number of anilines is 1. The van der Waals surface area contributed by atoms with Gasteiger partial charge in [0, 0.05) is 44.5 Å². The van der Waals surface area contributed by atoms with Gasteiger partial charge in [-0.2, -0.15) is 0 Å². The maximum Gasteiger partial charge on any atom is 0.233 e. The van der Waals surface area contributed by atoms with E-state index in [-0.39, 0.29) is 5.91 Å². The molecule has 1 heterocycles. The number of aromatic nitrogens is 3. The average molecular weight is 430 g/mol. The molecule has 1 saturated carbocycles. The molecule has 1 aliphatic rings. The fourth-order valence-corrected chi connectivity index (χ4v) is 5.00. The Bertz CT molecular complexity index is 823. The van der Waals surface area contributed by atoms with Gasteiger partial charge in [-0.1, -0.05) is 18.7 Å². The minimum Gasteiger partial charge on any atom is -0.372 e. The van der Waals surface area contributed by atoms with Crippen molar-refractivity contribution in [2.75, 3.05) is 30.8 Å². The topological polar surface area (TPSA) is 54.3 Å². The maximum absolute atomic E-state index is 12.7. The molecule has 0 unspecified atom stereocenters. The average Bonchev–Trinajstić information content (AvgIpc) is 3.13. The molecule has 164 valence electrons. The second kappa shape index (κ2) is 10.3. The summed E-state index contributed by atoms with van der Waals surface area (Å²) in [5.41, 5.74) is 2.25. The van der Waals surface area contributed by atoms with E-state index in [2.05, 4.69) is 60.1 Å². The SMILES string of the molecule is CCN(CC)c1ccc(-c2nnc(SCC(=O)N(C)C3CCC(C)CC3)n2C)cc1. The van der Waals surface area contributed by atoms with Crippen LogP contribution in [0.1, 0.15) is 46.5 Å². The molecule has 0 atom stereocenters. The Morgan fingerprint density at radius 2 is 1.73 bits per heavy atom. The standard InChI is InChI=1S/C23H35N5OS/c1-6-28(7-2)20-14-10-18(11-15-20)22-24-25-23(27(22)5)30-16-21(29)26(4)19-12-8-17(3)9-13-19/h10-11,14-15,17,19H,6-9,12-13,16H2,1-5H3. The van der Waals surface area contributed by atoms with E-state index in [4.69, 9.17) is 0 Å². The first kappa shape index (κ1) is 22.7. The molecule has 1 aromatic heterocycles. The second-order valence-electron chi connectivity index (χ2n) is 8.29. The molecule has 1 fully saturated rings. The quantitative estimate of drug-likeness (QED) is 0.580. The van der Waals surface area contributed by atoms with Crippen LogP contribution in [0, 0.1) is 5.92 Å². The van der Waals surface area contributed by atoms with Crippen molar-refractivity contribution in [3.05, 3.63) is 24.3 Å². The van der Waals surface area contributed by atoms with Gasteiger partial charge in [0.05, 0.1) is 5.75 Å². The molecule has 6 nitrogen and oxygen atoms in total. The number of carbonyl (C=O) groups is 1. The van der Waals surface area contributed by atoms with Crippen molar-refractivity contribution in [2.45, 2.75) is 57.7 Å². The van der Waals surface area contributed by atoms with Crippen molar-refractivity contribution in [2.24, 2.45) is 13.0 Å². The molecule has 30 heavy (non-hydrogen) atoms. The number of thioether (sulfide) groups is 1. The minimum atomic E-state index is 0.174. The largest absolute Gasteiger partial charge is 0.372 e. The van der Waals surface area contributed by atoms with E-state index in [1.807, 2.05) is 23.6 Å². The van der Waals surface area contributed by atoms with Crippen LogP contribution in [0.25, 0.3) is 11.4 Å². The molecule has 7 heteroatoms. The summed E-state index contributed by atoms with van der Waals surface area (Å²) in [4.78, 5) is 16.9. The summed E-state index contributed by atoms with van der Waals surface area (Å²) in [5.74, 6) is 2.19. The Hall–Kier alpha value is -2.02. The molecule has 0 spiro atoms. The zero-order chi connectivity index (χ0) is 21.7. The highest BCUT2D eigenvalue weighted by molar-refractivity contribution is 7.99. The molecule has 1 aliphatic carbocycles. The lowest BCUT2D eigenvalue weighted by atomic mass is 9.87. The molecule has 2 aromatic rings. The summed E-state index contributed by atoms with van der Waals surface area (Å²) in [5, 5.41) is 9.48.